The van der Waals surface area contributed by atoms with Gasteiger partial charge in [-0.3, -0.25) is 14.3 Å². The average Bonchev–Trinajstić information content (AvgIpc) is 2.63. The van der Waals surface area contributed by atoms with Crippen molar-refractivity contribution in [1.29, 1.82) is 0 Å². The van der Waals surface area contributed by atoms with E-state index in [2.05, 4.69) is 5.32 Å². The first-order valence-electron chi connectivity index (χ1n) is 6.21. The van der Waals surface area contributed by atoms with Crippen LogP contribution in [0.4, 0.5) is 5.69 Å². The number of aromatic nitrogens is 2. The topological polar surface area (TPSA) is 56.0 Å². The van der Waals surface area contributed by atoms with Crippen molar-refractivity contribution >= 4 is 11.6 Å². The van der Waals surface area contributed by atoms with Crippen molar-refractivity contribution < 1.29 is 4.79 Å². The molecule has 0 aliphatic heterocycles. The van der Waals surface area contributed by atoms with Crippen LogP contribution in [0.3, 0.4) is 0 Å². The summed E-state index contributed by atoms with van der Waals surface area (Å²) in [6.07, 6.45) is 0. The van der Waals surface area contributed by atoms with E-state index in [1.807, 2.05) is 48.9 Å². The van der Waals surface area contributed by atoms with Crippen LogP contribution < -0.4 is 10.9 Å². The monoisotopic (exact) mass is 259 g/mol. The Kier molecular flexibility index (Phi) is 3.55. The largest absolute Gasteiger partial charge is 0.320 e. The van der Waals surface area contributed by atoms with E-state index in [0.717, 1.165) is 11.4 Å². The number of rotatable bonds is 3. The first-order valence-corrected chi connectivity index (χ1v) is 6.21. The smallest absolute Gasteiger partial charge is 0.291 e. The van der Waals surface area contributed by atoms with Crippen LogP contribution >= 0.6 is 0 Å². The second kappa shape index (κ2) is 5.14. The molecule has 1 aromatic carbocycles. The Balaban J connectivity index is 2.68. The fourth-order valence-corrected chi connectivity index (χ4v) is 2.17. The van der Waals surface area contributed by atoms with Crippen molar-refractivity contribution in [1.82, 2.24) is 9.36 Å². The number of benzene rings is 1. The van der Waals surface area contributed by atoms with Gasteiger partial charge in [0.25, 0.3) is 5.56 Å². The van der Waals surface area contributed by atoms with E-state index < -0.39 is 0 Å². The molecule has 0 spiro atoms. The molecule has 0 saturated heterocycles. The molecule has 5 nitrogen and oxygen atoms in total. The van der Waals surface area contributed by atoms with Gasteiger partial charge >= 0.3 is 0 Å². The molecular weight excluding hydrogens is 242 g/mol. The van der Waals surface area contributed by atoms with Gasteiger partial charge in [0.05, 0.1) is 11.4 Å². The Bertz CT molecular complexity index is 653. The maximum atomic E-state index is 12.3. The van der Waals surface area contributed by atoms with Crippen molar-refractivity contribution in [3.63, 3.8) is 0 Å². The van der Waals surface area contributed by atoms with Gasteiger partial charge < -0.3 is 5.32 Å². The summed E-state index contributed by atoms with van der Waals surface area (Å²) in [5.74, 6) is -0.242. The molecular formula is C14H17N3O2. The lowest BCUT2D eigenvalue weighted by molar-refractivity contribution is -0.114. The second-order valence-electron chi connectivity index (χ2n) is 4.31. The fraction of sp³-hybridized carbons (Fsp3) is 0.286. The Labute approximate surface area is 111 Å². The predicted molar refractivity (Wildman–Crippen MR) is 74.7 cm³/mol. The van der Waals surface area contributed by atoms with E-state index in [9.17, 15) is 9.59 Å². The Morgan fingerprint density at radius 3 is 2.42 bits per heavy atom. The van der Waals surface area contributed by atoms with Crippen LogP contribution in [0.2, 0.25) is 0 Å². The normalized spacial score (nSPS) is 10.5. The summed E-state index contributed by atoms with van der Waals surface area (Å²) < 4.78 is 3.43. The van der Waals surface area contributed by atoms with E-state index >= 15 is 0 Å². The summed E-state index contributed by atoms with van der Waals surface area (Å²) in [6, 6.07) is 9.60. The molecule has 1 aromatic heterocycles. The van der Waals surface area contributed by atoms with Gasteiger partial charge in [0.15, 0.2) is 0 Å². The van der Waals surface area contributed by atoms with E-state index in [-0.39, 0.29) is 11.5 Å². The summed E-state index contributed by atoms with van der Waals surface area (Å²) in [6.45, 7) is 5.66. The molecule has 0 aliphatic carbocycles. The van der Waals surface area contributed by atoms with E-state index in [1.54, 1.807) is 4.68 Å². The molecule has 2 aromatic rings. The molecule has 1 N–H and O–H groups in total. The maximum Gasteiger partial charge on any atom is 0.291 e. The van der Waals surface area contributed by atoms with Crippen LogP contribution in [0.5, 0.6) is 0 Å². The molecule has 1 amide bonds. The molecule has 2 rings (SSSR count). The first-order chi connectivity index (χ1) is 9.06. The second-order valence-corrected chi connectivity index (χ2v) is 4.31. The number of nitrogens with zero attached hydrogens (tertiary/aromatic N) is 2. The Morgan fingerprint density at radius 1 is 1.26 bits per heavy atom. The lowest BCUT2D eigenvalue weighted by Gasteiger charge is -2.11. The minimum Gasteiger partial charge on any atom is -0.320 e. The molecule has 0 aliphatic rings. The average molecular weight is 259 g/mol. The van der Waals surface area contributed by atoms with Crippen molar-refractivity contribution in [3.8, 4) is 5.69 Å². The van der Waals surface area contributed by atoms with Crippen molar-refractivity contribution in [2.45, 2.75) is 27.3 Å². The van der Waals surface area contributed by atoms with E-state index in [1.165, 1.54) is 6.92 Å². The third-order valence-corrected chi connectivity index (χ3v) is 2.97. The van der Waals surface area contributed by atoms with E-state index in [0.29, 0.717) is 12.2 Å². The summed E-state index contributed by atoms with van der Waals surface area (Å²) in [4.78, 5) is 23.5. The van der Waals surface area contributed by atoms with Gasteiger partial charge in [-0.15, -0.1) is 0 Å². The predicted octanol–water partition coefficient (Wildman–Crippen LogP) is 1.93. The highest BCUT2D eigenvalue weighted by molar-refractivity contribution is 5.89. The van der Waals surface area contributed by atoms with Crippen molar-refractivity contribution in [2.24, 2.45) is 0 Å². The maximum absolute atomic E-state index is 12.3. The number of hydrogen-bond donors (Lipinski definition) is 1. The minimum absolute atomic E-state index is 0.181. The van der Waals surface area contributed by atoms with Crippen molar-refractivity contribution in [2.75, 3.05) is 5.32 Å². The molecule has 0 unspecified atom stereocenters. The highest BCUT2D eigenvalue weighted by atomic mass is 16.2. The molecule has 0 bridgehead atoms. The standard InChI is InChI=1S/C14H17N3O2/c1-4-16-14(19)13(15-11(3)18)10(2)17(16)12-8-6-5-7-9-12/h5-9H,4H2,1-3H3,(H,15,18). The SMILES string of the molecule is CCn1c(=O)c(NC(C)=O)c(C)n1-c1ccccc1. The summed E-state index contributed by atoms with van der Waals surface area (Å²) in [5.41, 5.74) is 1.79. The summed E-state index contributed by atoms with van der Waals surface area (Å²) >= 11 is 0. The molecule has 0 fully saturated rings. The number of amides is 1. The number of carbonyl (C=O) groups excluding carboxylic acids is 1. The number of nitrogens with one attached hydrogen (secondary N) is 1. The van der Waals surface area contributed by atoms with Crippen molar-refractivity contribution in [3.05, 3.63) is 46.4 Å². The zero-order chi connectivity index (χ0) is 14.0. The lowest BCUT2D eigenvalue weighted by atomic mass is 10.3. The van der Waals surface area contributed by atoms with Crippen LogP contribution in [0, 0.1) is 6.92 Å². The van der Waals surface area contributed by atoms with Gasteiger partial charge in [-0.1, -0.05) is 18.2 Å². The fourth-order valence-electron chi connectivity index (χ4n) is 2.17. The molecule has 1 heterocycles. The van der Waals surface area contributed by atoms with Gasteiger partial charge in [-0.05, 0) is 26.0 Å². The summed E-state index contributed by atoms with van der Waals surface area (Å²) in [5, 5.41) is 2.61. The van der Waals surface area contributed by atoms with Crippen LogP contribution in [-0.2, 0) is 11.3 Å². The quantitative estimate of drug-likeness (QED) is 0.915. The molecule has 0 atom stereocenters. The molecule has 0 radical (unpaired) electrons. The number of anilines is 1. The molecule has 19 heavy (non-hydrogen) atoms. The minimum atomic E-state index is -0.242. The Hall–Kier alpha value is -2.30. The van der Waals surface area contributed by atoms with Gasteiger partial charge in [-0.25, -0.2) is 4.68 Å². The van der Waals surface area contributed by atoms with Gasteiger partial charge in [0.1, 0.15) is 5.69 Å². The highest BCUT2D eigenvalue weighted by Gasteiger charge is 2.17. The first kappa shape index (κ1) is 13.1. The number of carbonyl (C=O) groups is 1. The number of para-hydroxylation sites is 1. The van der Waals surface area contributed by atoms with Crippen LogP contribution in [-0.4, -0.2) is 15.3 Å². The lowest BCUT2D eigenvalue weighted by Crippen LogP contribution is -2.23. The Morgan fingerprint density at radius 2 is 1.89 bits per heavy atom. The third-order valence-electron chi connectivity index (χ3n) is 2.97. The zero-order valence-corrected chi connectivity index (χ0v) is 11.3. The molecule has 0 saturated carbocycles. The highest BCUT2D eigenvalue weighted by Crippen LogP contribution is 2.16. The zero-order valence-electron chi connectivity index (χ0n) is 11.3. The van der Waals surface area contributed by atoms with Crippen LogP contribution in [0.15, 0.2) is 35.1 Å². The third kappa shape index (κ3) is 2.31. The molecule has 100 valence electrons. The van der Waals surface area contributed by atoms with E-state index in [4.69, 9.17) is 0 Å². The van der Waals surface area contributed by atoms with Gasteiger partial charge in [0, 0.05) is 13.5 Å². The van der Waals surface area contributed by atoms with Gasteiger partial charge in [-0.2, -0.15) is 0 Å². The molecule has 5 heteroatoms. The number of hydrogen-bond acceptors (Lipinski definition) is 2. The van der Waals surface area contributed by atoms with Crippen LogP contribution in [0.1, 0.15) is 19.5 Å². The summed E-state index contributed by atoms with van der Waals surface area (Å²) in [7, 11) is 0. The van der Waals surface area contributed by atoms with Crippen LogP contribution in [0.25, 0.3) is 5.69 Å². The van der Waals surface area contributed by atoms with Gasteiger partial charge in [0.2, 0.25) is 5.91 Å².